The van der Waals surface area contributed by atoms with Gasteiger partial charge in [-0.15, -0.1) is 0 Å². The average Bonchev–Trinajstić information content (AvgIpc) is 3.10. The normalized spacial score (nSPS) is 16.1. The Morgan fingerprint density at radius 2 is 2.09 bits per heavy atom. The Bertz CT molecular complexity index is 672. The van der Waals surface area contributed by atoms with Gasteiger partial charge in [0.1, 0.15) is 0 Å². The standard InChI is InChI=1S/C18H22N4O/c1-14(2)22-9-7-15(8-10-22)11-20-21-17-5-3-16(4-6-17)18-12-19-13-23-18/h3-7,9,11-14,20-21H,8,10H2,1-2H3. The summed E-state index contributed by atoms with van der Waals surface area (Å²) in [5.74, 6) is 0.772. The van der Waals surface area contributed by atoms with E-state index in [-0.39, 0.29) is 0 Å². The molecule has 1 aromatic heterocycles. The quantitative estimate of drug-likeness (QED) is 0.823. The molecule has 23 heavy (non-hydrogen) atoms. The second-order valence-corrected chi connectivity index (χ2v) is 5.83. The second-order valence-electron chi connectivity index (χ2n) is 5.83. The molecule has 2 aromatic rings. The molecule has 3 rings (SSSR count). The van der Waals surface area contributed by atoms with Gasteiger partial charge in [0, 0.05) is 24.4 Å². The molecule has 2 heterocycles. The van der Waals surface area contributed by atoms with Crippen LogP contribution in [0.5, 0.6) is 0 Å². The first kappa shape index (κ1) is 15.2. The van der Waals surface area contributed by atoms with E-state index in [0.29, 0.717) is 6.04 Å². The fraction of sp³-hybridized carbons (Fsp3) is 0.278. The largest absolute Gasteiger partial charge is 0.444 e. The van der Waals surface area contributed by atoms with Crippen molar-refractivity contribution in [3.05, 3.63) is 60.9 Å². The highest BCUT2D eigenvalue weighted by Crippen LogP contribution is 2.20. The maximum Gasteiger partial charge on any atom is 0.181 e. The molecule has 0 unspecified atom stereocenters. The van der Waals surface area contributed by atoms with Crippen molar-refractivity contribution in [1.29, 1.82) is 0 Å². The molecule has 1 aliphatic heterocycles. The number of anilines is 1. The van der Waals surface area contributed by atoms with Crippen molar-refractivity contribution in [2.45, 2.75) is 26.3 Å². The Kier molecular flexibility index (Phi) is 4.66. The van der Waals surface area contributed by atoms with Crippen LogP contribution in [0.4, 0.5) is 5.69 Å². The van der Waals surface area contributed by atoms with E-state index in [4.69, 9.17) is 4.42 Å². The molecular formula is C18H22N4O. The van der Waals surface area contributed by atoms with Crippen molar-refractivity contribution < 1.29 is 4.42 Å². The van der Waals surface area contributed by atoms with Crippen LogP contribution in [-0.4, -0.2) is 22.5 Å². The zero-order valence-corrected chi connectivity index (χ0v) is 13.5. The molecule has 0 amide bonds. The van der Waals surface area contributed by atoms with Crippen LogP contribution in [0.2, 0.25) is 0 Å². The van der Waals surface area contributed by atoms with Crippen LogP contribution in [0.1, 0.15) is 20.3 Å². The topological polar surface area (TPSA) is 53.3 Å². The third-order valence-electron chi connectivity index (χ3n) is 3.88. The first-order valence-corrected chi connectivity index (χ1v) is 7.86. The number of nitrogens with one attached hydrogen (secondary N) is 2. The minimum atomic E-state index is 0.557. The van der Waals surface area contributed by atoms with E-state index in [1.54, 1.807) is 6.20 Å². The molecule has 1 aliphatic rings. The Hall–Kier alpha value is -2.69. The molecule has 0 aliphatic carbocycles. The average molecular weight is 310 g/mol. The van der Waals surface area contributed by atoms with Gasteiger partial charge in [-0.1, -0.05) is 0 Å². The van der Waals surface area contributed by atoms with Crippen molar-refractivity contribution in [3.8, 4) is 11.3 Å². The lowest BCUT2D eigenvalue weighted by Gasteiger charge is -2.28. The smallest absolute Gasteiger partial charge is 0.181 e. The number of allylic oxidation sites excluding steroid dienone is 1. The summed E-state index contributed by atoms with van der Waals surface area (Å²) < 4.78 is 5.28. The maximum atomic E-state index is 5.28. The van der Waals surface area contributed by atoms with Crippen LogP contribution in [-0.2, 0) is 0 Å². The number of benzene rings is 1. The third-order valence-corrected chi connectivity index (χ3v) is 3.88. The van der Waals surface area contributed by atoms with Crippen molar-refractivity contribution in [3.63, 3.8) is 0 Å². The lowest BCUT2D eigenvalue weighted by atomic mass is 10.1. The minimum Gasteiger partial charge on any atom is -0.444 e. The number of hydrogen-bond acceptors (Lipinski definition) is 5. The number of rotatable bonds is 5. The predicted octanol–water partition coefficient (Wildman–Crippen LogP) is 3.77. The van der Waals surface area contributed by atoms with Gasteiger partial charge in [-0.05, 0) is 62.4 Å². The molecule has 1 aromatic carbocycles. The molecule has 0 fully saturated rings. The van der Waals surface area contributed by atoms with E-state index in [1.165, 1.54) is 12.0 Å². The molecule has 0 spiro atoms. The minimum absolute atomic E-state index is 0.557. The van der Waals surface area contributed by atoms with E-state index < -0.39 is 0 Å². The van der Waals surface area contributed by atoms with Gasteiger partial charge in [0.05, 0.1) is 11.9 Å². The fourth-order valence-electron chi connectivity index (χ4n) is 2.45. The highest BCUT2D eigenvalue weighted by molar-refractivity contribution is 5.60. The van der Waals surface area contributed by atoms with Crippen LogP contribution in [0.3, 0.4) is 0 Å². The summed E-state index contributed by atoms with van der Waals surface area (Å²) >= 11 is 0. The lowest BCUT2D eigenvalue weighted by Crippen LogP contribution is -2.29. The Balaban J connectivity index is 1.53. The van der Waals surface area contributed by atoms with Crippen LogP contribution in [0.15, 0.2) is 65.3 Å². The van der Waals surface area contributed by atoms with Crippen LogP contribution >= 0.6 is 0 Å². The van der Waals surface area contributed by atoms with Crippen LogP contribution < -0.4 is 10.9 Å². The summed E-state index contributed by atoms with van der Waals surface area (Å²) in [5.41, 5.74) is 9.62. The molecule has 120 valence electrons. The number of oxazole rings is 1. The molecular weight excluding hydrogens is 288 g/mol. The van der Waals surface area contributed by atoms with Gasteiger partial charge in [0.2, 0.25) is 0 Å². The van der Waals surface area contributed by atoms with E-state index in [0.717, 1.165) is 30.0 Å². The molecule has 0 bridgehead atoms. The molecule has 0 atom stereocenters. The first-order chi connectivity index (χ1) is 11.2. The SMILES string of the molecule is CC(C)N1C=CC(=CNNc2ccc(-c3cnco3)cc2)CC1. The van der Waals surface area contributed by atoms with Gasteiger partial charge < -0.3 is 20.2 Å². The van der Waals surface area contributed by atoms with E-state index >= 15 is 0 Å². The fourth-order valence-corrected chi connectivity index (χ4v) is 2.45. The van der Waals surface area contributed by atoms with Gasteiger partial charge >= 0.3 is 0 Å². The maximum absolute atomic E-state index is 5.28. The Morgan fingerprint density at radius 1 is 1.26 bits per heavy atom. The number of hydrogen-bond donors (Lipinski definition) is 2. The van der Waals surface area contributed by atoms with E-state index in [9.17, 15) is 0 Å². The Morgan fingerprint density at radius 3 is 2.70 bits per heavy atom. The monoisotopic (exact) mass is 310 g/mol. The predicted molar refractivity (Wildman–Crippen MR) is 92.4 cm³/mol. The van der Waals surface area contributed by atoms with Gasteiger partial charge in [-0.25, -0.2) is 4.98 Å². The highest BCUT2D eigenvalue weighted by Gasteiger charge is 2.09. The second kappa shape index (κ2) is 7.05. The summed E-state index contributed by atoms with van der Waals surface area (Å²) in [4.78, 5) is 6.27. The van der Waals surface area contributed by atoms with Gasteiger partial charge in [-0.2, -0.15) is 0 Å². The molecule has 5 nitrogen and oxygen atoms in total. The van der Waals surface area contributed by atoms with Crippen LogP contribution in [0.25, 0.3) is 11.3 Å². The number of aromatic nitrogens is 1. The zero-order valence-electron chi connectivity index (χ0n) is 13.5. The van der Waals surface area contributed by atoms with Gasteiger partial charge in [-0.3, -0.25) is 0 Å². The zero-order chi connectivity index (χ0) is 16.1. The highest BCUT2D eigenvalue weighted by atomic mass is 16.3. The van der Waals surface area contributed by atoms with Gasteiger partial charge in [0.25, 0.3) is 0 Å². The summed E-state index contributed by atoms with van der Waals surface area (Å²) in [6.45, 7) is 5.48. The van der Waals surface area contributed by atoms with Crippen molar-refractivity contribution in [2.75, 3.05) is 12.0 Å². The molecule has 0 radical (unpaired) electrons. The van der Waals surface area contributed by atoms with E-state index in [1.807, 2.05) is 30.5 Å². The third kappa shape index (κ3) is 3.94. The molecule has 5 heteroatoms. The summed E-state index contributed by atoms with van der Waals surface area (Å²) in [6, 6.07) is 8.56. The van der Waals surface area contributed by atoms with E-state index in [2.05, 4.69) is 46.9 Å². The summed E-state index contributed by atoms with van der Waals surface area (Å²) in [5, 5.41) is 0. The van der Waals surface area contributed by atoms with Crippen molar-refractivity contribution in [1.82, 2.24) is 15.3 Å². The summed E-state index contributed by atoms with van der Waals surface area (Å²) in [6.07, 6.45) is 10.5. The van der Waals surface area contributed by atoms with Crippen molar-refractivity contribution in [2.24, 2.45) is 0 Å². The molecule has 0 saturated heterocycles. The molecule has 2 N–H and O–H groups in total. The first-order valence-electron chi connectivity index (χ1n) is 7.86. The summed E-state index contributed by atoms with van der Waals surface area (Å²) in [7, 11) is 0. The van der Waals surface area contributed by atoms with Crippen molar-refractivity contribution >= 4 is 5.69 Å². The molecule has 0 saturated carbocycles. The van der Waals surface area contributed by atoms with Crippen LogP contribution in [0, 0.1) is 0 Å². The van der Waals surface area contributed by atoms with Gasteiger partial charge in [0.15, 0.2) is 12.2 Å². The number of nitrogens with zero attached hydrogens (tertiary/aromatic N) is 2. The number of hydrazine groups is 1. The Labute approximate surface area is 136 Å². The lowest BCUT2D eigenvalue weighted by molar-refractivity contribution is 0.307.